The lowest BCUT2D eigenvalue weighted by Gasteiger charge is -2.23. The molecule has 1 atom stereocenters. The Kier molecular flexibility index (Phi) is 3.79. The fraction of sp³-hybridized carbons (Fsp3) is 0.190. The molecule has 1 heterocycles. The largest absolute Gasteiger partial charge is 0.480 e. The lowest BCUT2D eigenvalue weighted by atomic mass is 10.0. The number of fused-ring (bicyclic) bond motifs is 2. The molecule has 1 N–H and O–H groups in total. The molecule has 0 radical (unpaired) electrons. The van der Waals surface area contributed by atoms with E-state index in [-0.39, 0.29) is 0 Å². The summed E-state index contributed by atoms with van der Waals surface area (Å²) in [5.41, 5.74) is 3.55. The third-order valence-electron chi connectivity index (χ3n) is 4.81. The van der Waals surface area contributed by atoms with Gasteiger partial charge in [0, 0.05) is 13.1 Å². The van der Waals surface area contributed by atoms with E-state index in [9.17, 15) is 9.90 Å². The average Bonchev–Trinajstić information content (AvgIpc) is 3.00. The minimum absolute atomic E-state index is 0.497. The van der Waals surface area contributed by atoms with Crippen LogP contribution in [0.1, 0.15) is 16.7 Å². The smallest absolute Gasteiger partial charge is 0.321 e. The quantitative estimate of drug-likeness (QED) is 0.794. The summed E-state index contributed by atoms with van der Waals surface area (Å²) >= 11 is 0. The highest BCUT2D eigenvalue weighted by Crippen LogP contribution is 2.30. The van der Waals surface area contributed by atoms with Crippen molar-refractivity contribution in [1.29, 1.82) is 0 Å². The molecule has 0 aliphatic carbocycles. The summed E-state index contributed by atoms with van der Waals surface area (Å²) < 4.78 is 0. The van der Waals surface area contributed by atoms with E-state index in [1.54, 1.807) is 0 Å². The van der Waals surface area contributed by atoms with E-state index in [2.05, 4.69) is 29.2 Å². The van der Waals surface area contributed by atoms with Crippen molar-refractivity contribution in [2.24, 2.45) is 0 Å². The highest BCUT2D eigenvalue weighted by molar-refractivity contribution is 5.84. The molecule has 4 rings (SSSR count). The summed E-state index contributed by atoms with van der Waals surface area (Å²) in [5.74, 6) is -0.754. The van der Waals surface area contributed by atoms with Gasteiger partial charge in [0.05, 0.1) is 0 Å². The highest BCUT2D eigenvalue weighted by Gasteiger charge is 2.30. The second-order valence-corrected chi connectivity index (χ2v) is 6.42. The van der Waals surface area contributed by atoms with Crippen LogP contribution in [-0.2, 0) is 24.3 Å². The molecule has 1 aliphatic heterocycles. The van der Waals surface area contributed by atoms with Crippen LogP contribution in [0.2, 0.25) is 0 Å². The Morgan fingerprint density at radius 3 is 2.00 bits per heavy atom. The van der Waals surface area contributed by atoms with Gasteiger partial charge in [-0.25, -0.2) is 0 Å². The third kappa shape index (κ3) is 2.79. The maximum atomic E-state index is 11.8. The summed E-state index contributed by atoms with van der Waals surface area (Å²) in [6.07, 6.45) is 0.531. The van der Waals surface area contributed by atoms with Crippen molar-refractivity contribution in [1.82, 2.24) is 4.90 Å². The molecule has 0 saturated heterocycles. The van der Waals surface area contributed by atoms with Crippen molar-refractivity contribution in [3.63, 3.8) is 0 Å². The first kappa shape index (κ1) is 14.9. The van der Waals surface area contributed by atoms with E-state index >= 15 is 0 Å². The van der Waals surface area contributed by atoms with Crippen molar-refractivity contribution >= 4 is 16.7 Å². The maximum Gasteiger partial charge on any atom is 0.321 e. The van der Waals surface area contributed by atoms with Crippen molar-refractivity contribution in [3.8, 4) is 0 Å². The number of nitrogens with zero attached hydrogens (tertiary/aromatic N) is 1. The molecule has 120 valence electrons. The van der Waals surface area contributed by atoms with Crippen LogP contribution in [0.3, 0.4) is 0 Å². The highest BCUT2D eigenvalue weighted by atomic mass is 16.4. The molecule has 24 heavy (non-hydrogen) atoms. The number of carboxylic acid groups (broad SMARTS) is 1. The zero-order valence-corrected chi connectivity index (χ0v) is 13.4. The number of carbonyl (C=O) groups is 1. The van der Waals surface area contributed by atoms with Gasteiger partial charge in [-0.05, 0) is 46.0 Å². The normalized spacial score (nSPS) is 15.3. The predicted molar refractivity (Wildman–Crippen MR) is 94.8 cm³/mol. The van der Waals surface area contributed by atoms with Gasteiger partial charge < -0.3 is 5.11 Å². The molecular weight excluding hydrogens is 298 g/mol. The molecule has 0 bridgehead atoms. The minimum atomic E-state index is -0.754. The van der Waals surface area contributed by atoms with Crippen LogP contribution in [0.5, 0.6) is 0 Å². The molecule has 1 unspecified atom stereocenters. The monoisotopic (exact) mass is 317 g/mol. The lowest BCUT2D eigenvalue weighted by Crippen LogP contribution is -2.39. The van der Waals surface area contributed by atoms with E-state index in [1.165, 1.54) is 21.9 Å². The van der Waals surface area contributed by atoms with Gasteiger partial charge >= 0.3 is 5.97 Å². The summed E-state index contributed by atoms with van der Waals surface area (Å²) in [4.78, 5) is 13.9. The molecule has 3 nitrogen and oxygen atoms in total. The van der Waals surface area contributed by atoms with Gasteiger partial charge in [0.2, 0.25) is 0 Å². The van der Waals surface area contributed by atoms with Crippen molar-refractivity contribution in [2.75, 3.05) is 0 Å². The molecule has 3 heteroatoms. The Bertz CT molecular complexity index is 844. The van der Waals surface area contributed by atoms with Crippen LogP contribution >= 0.6 is 0 Å². The van der Waals surface area contributed by atoms with Crippen LogP contribution in [0.4, 0.5) is 0 Å². The number of benzene rings is 3. The molecule has 3 aromatic carbocycles. The molecule has 1 aliphatic rings. The Hall–Kier alpha value is -2.65. The first-order chi connectivity index (χ1) is 11.7. The average molecular weight is 317 g/mol. The minimum Gasteiger partial charge on any atom is -0.480 e. The lowest BCUT2D eigenvalue weighted by molar-refractivity contribution is -0.143. The number of hydrogen-bond donors (Lipinski definition) is 1. The SMILES string of the molecule is O=C(O)C(Cc1ccccc1)N1Cc2cc3ccccc3cc2C1. The fourth-order valence-electron chi connectivity index (χ4n) is 3.55. The Balaban J connectivity index is 1.61. The number of rotatable bonds is 4. The summed E-state index contributed by atoms with van der Waals surface area (Å²) in [6, 6.07) is 22.1. The van der Waals surface area contributed by atoms with Gasteiger partial charge in [0.25, 0.3) is 0 Å². The number of carboxylic acids is 1. The standard InChI is InChI=1S/C21H19NO2/c23-21(24)20(10-15-6-2-1-3-7-15)22-13-18-11-16-8-4-5-9-17(16)12-19(18)14-22/h1-9,11-12,20H,10,13-14H2,(H,23,24). The van der Waals surface area contributed by atoms with E-state index in [4.69, 9.17) is 0 Å². The molecule has 3 aromatic rings. The van der Waals surface area contributed by atoms with Gasteiger partial charge in [-0.15, -0.1) is 0 Å². The van der Waals surface area contributed by atoms with Gasteiger partial charge in [-0.2, -0.15) is 0 Å². The molecule has 0 spiro atoms. The fourth-order valence-corrected chi connectivity index (χ4v) is 3.55. The van der Waals surface area contributed by atoms with E-state index < -0.39 is 12.0 Å². The molecule has 0 saturated carbocycles. The molecule has 0 fully saturated rings. The van der Waals surface area contributed by atoms with Gasteiger partial charge in [0.15, 0.2) is 0 Å². The second kappa shape index (κ2) is 6.10. The predicted octanol–water partition coefficient (Wildman–Crippen LogP) is 3.85. The second-order valence-electron chi connectivity index (χ2n) is 6.42. The van der Waals surface area contributed by atoms with Crippen molar-refractivity contribution in [3.05, 3.63) is 83.4 Å². The van der Waals surface area contributed by atoms with Crippen molar-refractivity contribution < 1.29 is 9.90 Å². The van der Waals surface area contributed by atoms with Gasteiger partial charge in [-0.3, -0.25) is 9.69 Å². The zero-order chi connectivity index (χ0) is 16.5. The van der Waals surface area contributed by atoms with Gasteiger partial charge in [-0.1, -0.05) is 54.6 Å². The number of aliphatic carboxylic acids is 1. The topological polar surface area (TPSA) is 40.5 Å². The Morgan fingerprint density at radius 2 is 1.46 bits per heavy atom. The van der Waals surface area contributed by atoms with Crippen LogP contribution in [0.15, 0.2) is 66.7 Å². The molecule has 0 aromatic heterocycles. The van der Waals surface area contributed by atoms with E-state index in [0.717, 1.165) is 5.56 Å². The van der Waals surface area contributed by atoms with Crippen LogP contribution in [0, 0.1) is 0 Å². The van der Waals surface area contributed by atoms with Gasteiger partial charge in [0.1, 0.15) is 6.04 Å². The summed E-state index contributed by atoms with van der Waals surface area (Å²) in [7, 11) is 0. The summed E-state index contributed by atoms with van der Waals surface area (Å²) in [5, 5.41) is 12.2. The Morgan fingerprint density at radius 1 is 0.917 bits per heavy atom. The van der Waals surface area contributed by atoms with Crippen LogP contribution < -0.4 is 0 Å². The maximum absolute atomic E-state index is 11.8. The first-order valence-corrected chi connectivity index (χ1v) is 8.22. The van der Waals surface area contributed by atoms with E-state index in [1.807, 2.05) is 42.5 Å². The van der Waals surface area contributed by atoms with Crippen LogP contribution in [-0.4, -0.2) is 22.0 Å². The number of hydrogen-bond acceptors (Lipinski definition) is 2. The zero-order valence-electron chi connectivity index (χ0n) is 13.4. The van der Waals surface area contributed by atoms with Crippen molar-refractivity contribution in [2.45, 2.75) is 25.6 Å². The first-order valence-electron chi connectivity index (χ1n) is 8.22. The van der Waals surface area contributed by atoms with E-state index in [0.29, 0.717) is 19.5 Å². The molecular formula is C21H19NO2. The third-order valence-corrected chi connectivity index (χ3v) is 4.81. The van der Waals surface area contributed by atoms with Crippen LogP contribution in [0.25, 0.3) is 10.8 Å². The molecule has 0 amide bonds. The summed E-state index contributed by atoms with van der Waals surface area (Å²) in [6.45, 7) is 1.40. The Labute approximate surface area is 141 Å².